The van der Waals surface area contributed by atoms with Crippen molar-refractivity contribution < 1.29 is 8.83 Å². The highest BCUT2D eigenvalue weighted by atomic mass is 16.4. The van der Waals surface area contributed by atoms with Gasteiger partial charge in [-0.25, -0.2) is 0 Å². The van der Waals surface area contributed by atoms with Gasteiger partial charge in [0, 0.05) is 51.1 Å². The molecule has 9 rings (SSSR count). The van der Waals surface area contributed by atoms with Crippen LogP contribution in [-0.2, 0) is 17.9 Å². The smallest absolute Gasteiger partial charge is 0.248 e. The van der Waals surface area contributed by atoms with Crippen molar-refractivity contribution in [2.45, 2.75) is 52.4 Å². The predicted molar refractivity (Wildman–Crippen MR) is 226 cm³/mol. The van der Waals surface area contributed by atoms with Crippen LogP contribution < -0.4 is 0 Å². The molecule has 0 radical (unpaired) electrons. The van der Waals surface area contributed by atoms with Gasteiger partial charge in [0.2, 0.25) is 23.6 Å². The molecule has 0 unspecified atom stereocenters. The first-order chi connectivity index (χ1) is 26.9. The maximum Gasteiger partial charge on any atom is 0.248 e. The average molecular weight is 734 g/mol. The molecule has 0 saturated carbocycles. The van der Waals surface area contributed by atoms with Crippen molar-refractivity contribution in [3.63, 3.8) is 0 Å². The van der Waals surface area contributed by atoms with Crippen LogP contribution in [0.1, 0.15) is 52.7 Å². The maximum atomic E-state index is 6.11. The van der Waals surface area contributed by atoms with Crippen LogP contribution >= 0.6 is 0 Å². The van der Waals surface area contributed by atoms with Gasteiger partial charge in [-0.15, -0.1) is 20.4 Å². The SMILES string of the molecule is Cn1c2ccc(-c3ccc(-c4nnc(-c5ccc(C(C)(C)C)cc5)o4)cc3)cc2c2cc(-c3ccc(-c4nnc(-c5ccc(C(C)(C)C)cc5)o4)cc3)ccc21. The van der Waals surface area contributed by atoms with E-state index in [1.165, 1.54) is 32.9 Å². The number of hydrogen-bond acceptors (Lipinski definition) is 6. The van der Waals surface area contributed by atoms with Crippen LogP contribution in [-0.4, -0.2) is 25.0 Å². The summed E-state index contributed by atoms with van der Waals surface area (Å²) in [5.41, 5.74) is 13.1. The van der Waals surface area contributed by atoms with Gasteiger partial charge in [-0.2, -0.15) is 0 Å². The molecular weight excluding hydrogens is 691 g/mol. The molecule has 3 aromatic heterocycles. The summed E-state index contributed by atoms with van der Waals surface area (Å²) >= 11 is 0. The van der Waals surface area contributed by atoms with Crippen LogP contribution in [0, 0.1) is 0 Å². The van der Waals surface area contributed by atoms with E-state index in [0.717, 1.165) is 44.5 Å². The van der Waals surface area contributed by atoms with Crippen LogP contribution in [0.2, 0.25) is 0 Å². The predicted octanol–water partition coefficient (Wildman–Crippen LogP) is 12.7. The van der Waals surface area contributed by atoms with Gasteiger partial charge in [-0.3, -0.25) is 0 Å². The fourth-order valence-electron chi connectivity index (χ4n) is 7.33. The molecule has 0 aliphatic rings. The summed E-state index contributed by atoms with van der Waals surface area (Å²) in [4.78, 5) is 0. The Hall–Kier alpha value is -6.60. The van der Waals surface area contributed by atoms with Crippen molar-refractivity contribution in [1.82, 2.24) is 25.0 Å². The molecule has 0 aliphatic heterocycles. The second-order valence-electron chi connectivity index (χ2n) is 16.7. The van der Waals surface area contributed by atoms with Gasteiger partial charge in [-0.1, -0.05) is 102 Å². The Kier molecular flexibility index (Phi) is 8.35. The number of aryl methyl sites for hydroxylation is 1. The van der Waals surface area contributed by atoms with Gasteiger partial charge in [0.15, 0.2) is 0 Å². The minimum absolute atomic E-state index is 0.0828. The first kappa shape index (κ1) is 35.1. The van der Waals surface area contributed by atoms with Crippen LogP contribution in [0.3, 0.4) is 0 Å². The molecule has 9 aromatic rings. The van der Waals surface area contributed by atoms with Crippen molar-refractivity contribution in [2.75, 3.05) is 0 Å². The van der Waals surface area contributed by atoms with E-state index in [0.29, 0.717) is 23.6 Å². The van der Waals surface area contributed by atoms with Crippen molar-refractivity contribution in [3.05, 3.63) is 145 Å². The maximum absolute atomic E-state index is 6.11. The molecule has 276 valence electrons. The fraction of sp³-hybridized carbons (Fsp3) is 0.184. The normalized spacial score (nSPS) is 12.2. The highest BCUT2D eigenvalue weighted by Gasteiger charge is 2.18. The Bertz CT molecular complexity index is 2650. The number of benzene rings is 6. The Morgan fingerprint density at radius 3 is 0.929 bits per heavy atom. The molecule has 0 N–H and O–H groups in total. The number of rotatable bonds is 6. The summed E-state index contributed by atoms with van der Waals surface area (Å²) in [6.45, 7) is 13.2. The van der Waals surface area contributed by atoms with Crippen LogP contribution in [0.25, 0.3) is 89.9 Å². The van der Waals surface area contributed by atoms with Crippen LogP contribution in [0.5, 0.6) is 0 Å². The minimum atomic E-state index is 0.0828. The van der Waals surface area contributed by atoms with Crippen LogP contribution in [0.4, 0.5) is 0 Å². The number of aromatic nitrogens is 5. The summed E-state index contributed by atoms with van der Waals surface area (Å²) in [5, 5.41) is 19.8. The largest absolute Gasteiger partial charge is 0.416 e. The molecule has 0 atom stereocenters. The van der Waals surface area contributed by atoms with E-state index in [2.05, 4.69) is 158 Å². The lowest BCUT2D eigenvalue weighted by molar-refractivity contribution is 0.582. The highest BCUT2D eigenvalue weighted by Crippen LogP contribution is 2.36. The summed E-state index contributed by atoms with van der Waals surface area (Å²) in [7, 11) is 2.13. The first-order valence-electron chi connectivity index (χ1n) is 19.0. The highest BCUT2D eigenvalue weighted by molar-refractivity contribution is 6.10. The van der Waals surface area contributed by atoms with Crippen molar-refractivity contribution >= 4 is 21.8 Å². The third kappa shape index (κ3) is 6.49. The molecule has 0 fully saturated rings. The molecule has 3 heterocycles. The number of hydrogen-bond donors (Lipinski definition) is 0. The summed E-state index contributed by atoms with van der Waals surface area (Å²) in [6, 6.07) is 46.7. The second-order valence-corrected chi connectivity index (χ2v) is 16.7. The molecular formula is C49H43N5O2. The van der Waals surface area contributed by atoms with E-state index < -0.39 is 0 Å². The summed E-state index contributed by atoms with van der Waals surface area (Å²) < 4.78 is 14.5. The van der Waals surface area contributed by atoms with Gasteiger partial charge in [0.05, 0.1) is 0 Å². The monoisotopic (exact) mass is 733 g/mol. The Labute approximate surface area is 326 Å². The van der Waals surface area contributed by atoms with E-state index in [-0.39, 0.29) is 10.8 Å². The number of fused-ring (bicyclic) bond motifs is 3. The van der Waals surface area contributed by atoms with Crippen molar-refractivity contribution in [3.8, 4) is 68.1 Å². The zero-order valence-electron chi connectivity index (χ0n) is 32.8. The Morgan fingerprint density at radius 1 is 0.357 bits per heavy atom. The molecule has 0 saturated heterocycles. The summed E-state index contributed by atoms with van der Waals surface area (Å²) in [6.07, 6.45) is 0. The van der Waals surface area contributed by atoms with Gasteiger partial charge < -0.3 is 13.4 Å². The standard InChI is InChI=1S/C49H43N5O2/c1-48(2,3)38-22-16-34(17-23-38)46-52-50-44(55-46)32-12-8-30(9-13-32)36-20-26-42-40(28-36)41-29-37(21-27-43(41)54(42)7)31-10-14-33(15-11-31)45-51-53-47(56-45)35-18-24-39(25-19-35)49(4,5)6/h8-29H,1-7H3. The molecule has 56 heavy (non-hydrogen) atoms. The lowest BCUT2D eigenvalue weighted by Gasteiger charge is -2.18. The second kappa shape index (κ2) is 13.3. The Morgan fingerprint density at radius 2 is 0.625 bits per heavy atom. The molecule has 0 amide bonds. The zero-order chi connectivity index (χ0) is 38.8. The fourth-order valence-corrected chi connectivity index (χ4v) is 7.33. The van der Waals surface area contributed by atoms with E-state index in [4.69, 9.17) is 8.83 Å². The lowest BCUT2D eigenvalue weighted by atomic mass is 9.87. The van der Waals surface area contributed by atoms with Gasteiger partial charge in [0.25, 0.3) is 0 Å². The average Bonchev–Trinajstić information content (AvgIpc) is 3.97. The Balaban J connectivity index is 0.955. The molecule has 6 aromatic carbocycles. The van der Waals surface area contributed by atoms with E-state index >= 15 is 0 Å². The third-order valence-electron chi connectivity index (χ3n) is 10.8. The van der Waals surface area contributed by atoms with Crippen molar-refractivity contribution in [2.24, 2.45) is 7.05 Å². The molecule has 0 spiro atoms. The summed E-state index contributed by atoms with van der Waals surface area (Å²) in [5.74, 6) is 2.03. The zero-order valence-corrected chi connectivity index (χ0v) is 32.8. The van der Waals surface area contributed by atoms with E-state index in [1.54, 1.807) is 0 Å². The van der Waals surface area contributed by atoms with Gasteiger partial charge >= 0.3 is 0 Å². The topological polar surface area (TPSA) is 82.8 Å². The van der Waals surface area contributed by atoms with E-state index in [9.17, 15) is 0 Å². The van der Waals surface area contributed by atoms with Gasteiger partial charge in [-0.05, 0) is 117 Å². The third-order valence-corrected chi connectivity index (χ3v) is 10.8. The lowest BCUT2D eigenvalue weighted by Crippen LogP contribution is -2.10. The minimum Gasteiger partial charge on any atom is -0.416 e. The quantitative estimate of drug-likeness (QED) is 0.169. The van der Waals surface area contributed by atoms with E-state index in [1.807, 2.05) is 48.5 Å². The van der Waals surface area contributed by atoms with Gasteiger partial charge in [0.1, 0.15) is 0 Å². The first-order valence-corrected chi connectivity index (χ1v) is 19.0. The molecule has 7 heteroatoms. The van der Waals surface area contributed by atoms with Crippen molar-refractivity contribution in [1.29, 1.82) is 0 Å². The molecule has 0 aliphatic carbocycles. The number of nitrogens with zero attached hydrogens (tertiary/aromatic N) is 5. The molecule has 0 bridgehead atoms. The van der Waals surface area contributed by atoms with Crippen LogP contribution in [0.15, 0.2) is 142 Å². The molecule has 7 nitrogen and oxygen atoms in total.